The molecule has 0 aliphatic heterocycles. The van der Waals surface area contributed by atoms with Crippen LogP contribution in [0.5, 0.6) is 0 Å². The van der Waals surface area contributed by atoms with Gasteiger partial charge in [-0.3, -0.25) is 4.79 Å². The van der Waals surface area contributed by atoms with Gasteiger partial charge in [-0.25, -0.2) is 0 Å². The summed E-state index contributed by atoms with van der Waals surface area (Å²) >= 11 is 4.77. The van der Waals surface area contributed by atoms with E-state index in [0.717, 1.165) is 15.8 Å². The van der Waals surface area contributed by atoms with Crippen LogP contribution < -0.4 is 0 Å². The summed E-state index contributed by atoms with van der Waals surface area (Å²) in [5, 5.41) is 1.90. The first-order valence-electron chi connectivity index (χ1n) is 3.69. The maximum Gasteiger partial charge on any atom is 0.196 e. The minimum absolute atomic E-state index is 0.0822. The van der Waals surface area contributed by atoms with E-state index in [4.69, 9.17) is 0 Å². The van der Waals surface area contributed by atoms with Gasteiger partial charge in [-0.2, -0.15) is 0 Å². The number of rotatable bonds is 3. The van der Waals surface area contributed by atoms with Crippen molar-refractivity contribution < 1.29 is 4.79 Å². The lowest BCUT2D eigenvalue weighted by Gasteiger charge is -1.89. The second-order valence-corrected chi connectivity index (χ2v) is 4.04. The van der Waals surface area contributed by atoms with Gasteiger partial charge >= 0.3 is 0 Å². The normalized spacial score (nSPS) is 10.8. The summed E-state index contributed by atoms with van der Waals surface area (Å²) in [6.45, 7) is 2.01. The van der Waals surface area contributed by atoms with E-state index < -0.39 is 0 Å². The molecule has 1 aromatic rings. The summed E-state index contributed by atoms with van der Waals surface area (Å²) in [6, 6.07) is 1.89. The van der Waals surface area contributed by atoms with Crippen LogP contribution in [-0.4, -0.2) is 5.78 Å². The van der Waals surface area contributed by atoms with Crippen molar-refractivity contribution in [3.63, 3.8) is 0 Å². The molecule has 1 nitrogen and oxygen atoms in total. The molecule has 1 aromatic heterocycles. The summed E-state index contributed by atoms with van der Waals surface area (Å²) in [5.74, 6) is 0.0822. The summed E-state index contributed by atoms with van der Waals surface area (Å²) in [4.78, 5) is 12.2. The molecule has 0 saturated heterocycles. The van der Waals surface area contributed by atoms with Crippen LogP contribution in [0.4, 0.5) is 0 Å². The molecule has 0 amide bonds. The molecule has 0 atom stereocenters. The highest BCUT2D eigenvalue weighted by atomic mass is 79.9. The molecule has 64 valence electrons. The van der Waals surface area contributed by atoms with Crippen molar-refractivity contribution in [1.29, 1.82) is 0 Å². The predicted octanol–water partition coefficient (Wildman–Crippen LogP) is 3.66. The minimum Gasteiger partial charge on any atom is -0.288 e. The van der Waals surface area contributed by atoms with E-state index in [1.54, 1.807) is 6.08 Å². The third-order valence-corrected chi connectivity index (χ3v) is 3.20. The average Bonchev–Trinajstić information content (AvgIpc) is 2.47. The van der Waals surface area contributed by atoms with Crippen molar-refractivity contribution in [2.24, 2.45) is 0 Å². The van der Waals surface area contributed by atoms with E-state index >= 15 is 0 Å². The summed E-state index contributed by atoms with van der Waals surface area (Å²) in [7, 11) is 0. The van der Waals surface area contributed by atoms with Gasteiger partial charge in [0.15, 0.2) is 5.78 Å². The quantitative estimate of drug-likeness (QED) is 0.586. The second-order valence-electron chi connectivity index (χ2n) is 2.27. The number of hydrogen-bond acceptors (Lipinski definition) is 2. The Hall–Kier alpha value is -0.410. The molecular formula is C9H9BrOS. The number of hydrogen-bond donors (Lipinski definition) is 0. The lowest BCUT2D eigenvalue weighted by Crippen LogP contribution is -1.89. The Labute approximate surface area is 84.2 Å². The highest BCUT2D eigenvalue weighted by Gasteiger charge is 2.06. The van der Waals surface area contributed by atoms with Gasteiger partial charge in [0.1, 0.15) is 0 Å². The molecule has 0 aliphatic carbocycles. The van der Waals surface area contributed by atoms with Gasteiger partial charge in [-0.1, -0.05) is 13.0 Å². The van der Waals surface area contributed by atoms with Crippen molar-refractivity contribution in [2.75, 3.05) is 0 Å². The largest absolute Gasteiger partial charge is 0.288 e. The Morgan fingerprint density at radius 3 is 3.00 bits per heavy atom. The highest BCUT2D eigenvalue weighted by Crippen LogP contribution is 2.23. The van der Waals surface area contributed by atoms with Crippen LogP contribution in [0.2, 0.25) is 0 Å². The zero-order valence-corrected chi connectivity index (χ0v) is 9.11. The van der Waals surface area contributed by atoms with Crippen molar-refractivity contribution in [2.45, 2.75) is 13.3 Å². The molecule has 1 rings (SSSR count). The fourth-order valence-electron chi connectivity index (χ4n) is 0.770. The van der Waals surface area contributed by atoms with Gasteiger partial charge < -0.3 is 0 Å². The van der Waals surface area contributed by atoms with E-state index in [0.29, 0.717) is 0 Å². The van der Waals surface area contributed by atoms with E-state index in [2.05, 4.69) is 15.9 Å². The zero-order chi connectivity index (χ0) is 8.97. The molecule has 1 heterocycles. The maximum atomic E-state index is 11.4. The predicted molar refractivity (Wildman–Crippen MR) is 55.8 cm³/mol. The molecule has 12 heavy (non-hydrogen) atoms. The van der Waals surface area contributed by atoms with Crippen LogP contribution in [0.25, 0.3) is 0 Å². The average molecular weight is 245 g/mol. The molecule has 0 unspecified atom stereocenters. The maximum absolute atomic E-state index is 11.4. The van der Waals surface area contributed by atoms with Gasteiger partial charge in [0.2, 0.25) is 0 Å². The second kappa shape index (κ2) is 4.58. The fourth-order valence-corrected chi connectivity index (χ4v) is 2.26. The Balaban J connectivity index is 2.78. The number of halogens is 1. The smallest absolute Gasteiger partial charge is 0.196 e. The first-order valence-corrected chi connectivity index (χ1v) is 5.36. The molecule has 0 N–H and O–H groups in total. The SMILES string of the molecule is CC/C=C/C(=O)c1sccc1Br. The standard InChI is InChI=1S/C9H9BrOS/c1-2-3-4-8(11)9-7(10)5-6-12-9/h3-6H,2H2,1H3/b4-3+. The van der Waals surface area contributed by atoms with Crippen LogP contribution in [0.15, 0.2) is 28.1 Å². The highest BCUT2D eigenvalue weighted by molar-refractivity contribution is 9.10. The fraction of sp³-hybridized carbons (Fsp3) is 0.222. The topological polar surface area (TPSA) is 17.1 Å². The van der Waals surface area contributed by atoms with Crippen LogP contribution in [-0.2, 0) is 0 Å². The van der Waals surface area contributed by atoms with Crippen molar-refractivity contribution >= 4 is 33.0 Å². The summed E-state index contributed by atoms with van der Waals surface area (Å²) < 4.78 is 0.887. The molecule has 0 fully saturated rings. The number of carbonyl (C=O) groups excluding carboxylic acids is 1. The van der Waals surface area contributed by atoms with Gasteiger partial charge in [0, 0.05) is 4.47 Å². The molecule has 0 spiro atoms. The van der Waals surface area contributed by atoms with Crippen LogP contribution in [0.3, 0.4) is 0 Å². The monoisotopic (exact) mass is 244 g/mol. The first kappa shape index (κ1) is 9.68. The first-order chi connectivity index (χ1) is 5.75. The Morgan fingerprint density at radius 2 is 2.50 bits per heavy atom. The molecule has 0 aliphatic rings. The Morgan fingerprint density at radius 1 is 1.75 bits per heavy atom. The number of carbonyl (C=O) groups is 1. The lowest BCUT2D eigenvalue weighted by molar-refractivity contribution is 0.104. The molecule has 0 bridgehead atoms. The third-order valence-electron chi connectivity index (χ3n) is 1.35. The minimum atomic E-state index is 0.0822. The van der Waals surface area contributed by atoms with Crippen molar-refractivity contribution in [1.82, 2.24) is 0 Å². The van der Waals surface area contributed by atoms with Gasteiger partial charge in [0.05, 0.1) is 4.88 Å². The number of thiophene rings is 1. The molecular weight excluding hydrogens is 236 g/mol. The molecule has 3 heteroatoms. The van der Waals surface area contributed by atoms with E-state index in [1.165, 1.54) is 11.3 Å². The molecule has 0 radical (unpaired) electrons. The molecule has 0 aromatic carbocycles. The van der Waals surface area contributed by atoms with Crippen LogP contribution >= 0.6 is 27.3 Å². The van der Waals surface area contributed by atoms with Crippen molar-refractivity contribution in [3.8, 4) is 0 Å². The van der Waals surface area contributed by atoms with Gasteiger partial charge in [0.25, 0.3) is 0 Å². The lowest BCUT2D eigenvalue weighted by atomic mass is 10.3. The third kappa shape index (κ3) is 2.29. The molecule has 0 saturated carbocycles. The zero-order valence-electron chi connectivity index (χ0n) is 6.71. The van der Waals surface area contributed by atoms with Crippen LogP contribution in [0, 0.1) is 0 Å². The Kier molecular flexibility index (Phi) is 3.69. The van der Waals surface area contributed by atoms with Crippen molar-refractivity contribution in [3.05, 3.63) is 32.9 Å². The van der Waals surface area contributed by atoms with E-state index in [-0.39, 0.29) is 5.78 Å². The number of allylic oxidation sites excluding steroid dienone is 2. The van der Waals surface area contributed by atoms with E-state index in [9.17, 15) is 4.79 Å². The van der Waals surface area contributed by atoms with E-state index in [1.807, 2.05) is 24.4 Å². The summed E-state index contributed by atoms with van der Waals surface area (Å²) in [6.07, 6.45) is 4.39. The summed E-state index contributed by atoms with van der Waals surface area (Å²) in [5.41, 5.74) is 0. The van der Waals surface area contributed by atoms with Gasteiger partial charge in [-0.05, 0) is 39.9 Å². The van der Waals surface area contributed by atoms with Crippen LogP contribution in [0.1, 0.15) is 23.0 Å². The van der Waals surface area contributed by atoms with Gasteiger partial charge in [-0.15, -0.1) is 11.3 Å². The number of ketones is 1. The Bertz CT molecular complexity index is 301.